The topological polar surface area (TPSA) is 38.8 Å². The SMILES string of the molecule is COc1cc(C2CC(=O)N(C)c3ccc4ccccc4c32)ccc1OCc1ccccc1. The smallest absolute Gasteiger partial charge is 0.227 e. The molecule has 1 unspecified atom stereocenters. The number of benzene rings is 4. The molecule has 0 aliphatic carbocycles. The first-order valence-corrected chi connectivity index (χ1v) is 10.8. The fourth-order valence-corrected chi connectivity index (χ4v) is 4.53. The molecule has 0 radical (unpaired) electrons. The van der Waals surface area contributed by atoms with Crippen molar-refractivity contribution < 1.29 is 14.3 Å². The third-order valence-electron chi connectivity index (χ3n) is 6.24. The molecule has 0 N–H and O–H groups in total. The predicted octanol–water partition coefficient (Wildman–Crippen LogP) is 5.93. The van der Waals surface area contributed by atoms with Gasteiger partial charge in [-0.25, -0.2) is 0 Å². The van der Waals surface area contributed by atoms with Crippen LogP contribution in [0.1, 0.15) is 29.0 Å². The molecular weight excluding hydrogens is 398 g/mol. The number of nitrogens with zero attached hydrogens (tertiary/aromatic N) is 1. The van der Waals surface area contributed by atoms with Gasteiger partial charge in [0.25, 0.3) is 0 Å². The molecule has 1 aliphatic rings. The van der Waals surface area contributed by atoms with Crippen LogP contribution in [0.4, 0.5) is 5.69 Å². The molecule has 0 saturated heterocycles. The largest absolute Gasteiger partial charge is 0.493 e. The summed E-state index contributed by atoms with van der Waals surface area (Å²) in [5, 5.41) is 2.35. The summed E-state index contributed by atoms with van der Waals surface area (Å²) < 4.78 is 11.7. The highest BCUT2D eigenvalue weighted by atomic mass is 16.5. The molecule has 0 bridgehead atoms. The van der Waals surface area contributed by atoms with Crippen molar-refractivity contribution in [3.63, 3.8) is 0 Å². The van der Waals surface area contributed by atoms with E-state index in [0.717, 1.165) is 16.8 Å². The van der Waals surface area contributed by atoms with Crippen LogP contribution in [0, 0.1) is 0 Å². The van der Waals surface area contributed by atoms with Crippen LogP contribution in [0.3, 0.4) is 0 Å². The van der Waals surface area contributed by atoms with Gasteiger partial charge in [-0.2, -0.15) is 0 Å². The molecule has 0 spiro atoms. The molecule has 4 heteroatoms. The van der Waals surface area contributed by atoms with Crippen LogP contribution in [0.2, 0.25) is 0 Å². The maximum atomic E-state index is 12.8. The Balaban J connectivity index is 1.54. The Morgan fingerprint density at radius 1 is 0.906 bits per heavy atom. The maximum absolute atomic E-state index is 12.8. The highest BCUT2D eigenvalue weighted by Crippen LogP contribution is 2.45. The van der Waals surface area contributed by atoms with Gasteiger partial charge in [0.15, 0.2) is 11.5 Å². The Kier molecular flexibility index (Phi) is 5.28. The number of carbonyl (C=O) groups is 1. The van der Waals surface area contributed by atoms with Gasteiger partial charge in [0, 0.05) is 25.1 Å². The molecule has 4 nitrogen and oxygen atoms in total. The Morgan fingerprint density at radius 2 is 1.69 bits per heavy atom. The lowest BCUT2D eigenvalue weighted by Crippen LogP contribution is -2.33. The Hall–Kier alpha value is -3.79. The summed E-state index contributed by atoms with van der Waals surface area (Å²) in [7, 11) is 3.50. The van der Waals surface area contributed by atoms with Crippen molar-refractivity contribution in [2.24, 2.45) is 0 Å². The lowest BCUT2D eigenvalue weighted by Gasteiger charge is -2.33. The molecule has 5 rings (SSSR count). The van der Waals surface area contributed by atoms with E-state index in [1.54, 1.807) is 12.0 Å². The number of anilines is 1. The van der Waals surface area contributed by atoms with Crippen LogP contribution in [0.15, 0.2) is 84.9 Å². The number of methoxy groups -OCH3 is 1. The average Bonchev–Trinajstić information content (AvgIpc) is 2.85. The monoisotopic (exact) mass is 423 g/mol. The van der Waals surface area contributed by atoms with Crippen molar-refractivity contribution in [1.29, 1.82) is 0 Å². The van der Waals surface area contributed by atoms with Crippen LogP contribution in [0.25, 0.3) is 10.8 Å². The molecule has 1 aliphatic heterocycles. The van der Waals surface area contributed by atoms with Gasteiger partial charge >= 0.3 is 0 Å². The van der Waals surface area contributed by atoms with E-state index < -0.39 is 0 Å². The van der Waals surface area contributed by atoms with E-state index in [1.807, 2.05) is 55.6 Å². The zero-order valence-corrected chi connectivity index (χ0v) is 18.2. The highest BCUT2D eigenvalue weighted by Gasteiger charge is 2.32. The van der Waals surface area contributed by atoms with Gasteiger partial charge < -0.3 is 14.4 Å². The fourth-order valence-electron chi connectivity index (χ4n) is 4.53. The molecule has 1 heterocycles. The molecule has 4 aromatic rings. The molecule has 1 amide bonds. The van der Waals surface area contributed by atoms with E-state index in [0.29, 0.717) is 24.5 Å². The number of fused-ring (bicyclic) bond motifs is 3. The van der Waals surface area contributed by atoms with Crippen molar-refractivity contribution in [3.05, 3.63) is 102 Å². The standard InChI is InChI=1S/C28H25NO3/c1-29-24-14-12-20-10-6-7-11-22(20)28(24)23(17-27(29)30)21-13-15-25(26(16-21)31-2)32-18-19-8-4-3-5-9-19/h3-16,23H,17-18H2,1-2H3. The highest BCUT2D eigenvalue weighted by molar-refractivity contribution is 6.02. The van der Waals surface area contributed by atoms with E-state index in [1.165, 1.54) is 16.3 Å². The van der Waals surface area contributed by atoms with Gasteiger partial charge in [0.05, 0.1) is 7.11 Å². The lowest BCUT2D eigenvalue weighted by atomic mass is 9.81. The van der Waals surface area contributed by atoms with Crippen molar-refractivity contribution in [3.8, 4) is 11.5 Å². The van der Waals surface area contributed by atoms with Gasteiger partial charge in [-0.3, -0.25) is 4.79 Å². The molecule has 1 atom stereocenters. The van der Waals surface area contributed by atoms with Gasteiger partial charge in [0.2, 0.25) is 5.91 Å². The van der Waals surface area contributed by atoms with Crippen molar-refractivity contribution in [2.75, 3.05) is 19.1 Å². The Morgan fingerprint density at radius 3 is 2.50 bits per heavy atom. The number of ether oxygens (including phenoxy) is 2. The summed E-state index contributed by atoms with van der Waals surface area (Å²) in [6.45, 7) is 0.469. The molecule has 32 heavy (non-hydrogen) atoms. The predicted molar refractivity (Wildman–Crippen MR) is 128 cm³/mol. The van der Waals surface area contributed by atoms with E-state index in [4.69, 9.17) is 9.47 Å². The first kappa shape index (κ1) is 20.1. The second-order valence-electron chi connectivity index (χ2n) is 8.11. The number of carbonyl (C=O) groups excluding carboxylic acids is 1. The maximum Gasteiger partial charge on any atom is 0.227 e. The van der Waals surface area contributed by atoms with Gasteiger partial charge in [-0.1, -0.05) is 66.7 Å². The van der Waals surface area contributed by atoms with Gasteiger partial charge in [-0.15, -0.1) is 0 Å². The summed E-state index contributed by atoms with van der Waals surface area (Å²) in [4.78, 5) is 14.6. The molecule has 4 aromatic carbocycles. The minimum Gasteiger partial charge on any atom is -0.493 e. The quantitative estimate of drug-likeness (QED) is 0.400. The van der Waals surface area contributed by atoms with E-state index >= 15 is 0 Å². The number of rotatable bonds is 5. The normalized spacial score (nSPS) is 15.5. The molecule has 0 saturated carbocycles. The van der Waals surface area contributed by atoms with Crippen LogP contribution in [-0.4, -0.2) is 20.1 Å². The number of amides is 1. The van der Waals surface area contributed by atoms with Crippen molar-refractivity contribution in [2.45, 2.75) is 18.9 Å². The number of hydrogen-bond donors (Lipinski definition) is 0. The molecule has 160 valence electrons. The van der Waals surface area contributed by atoms with Crippen LogP contribution >= 0.6 is 0 Å². The first-order chi connectivity index (χ1) is 15.7. The van der Waals surface area contributed by atoms with E-state index in [9.17, 15) is 4.79 Å². The molecule has 0 fully saturated rings. The van der Waals surface area contributed by atoms with Crippen LogP contribution in [0.5, 0.6) is 11.5 Å². The summed E-state index contributed by atoms with van der Waals surface area (Å²) >= 11 is 0. The minimum absolute atomic E-state index is 0.0446. The zero-order chi connectivity index (χ0) is 22.1. The van der Waals surface area contributed by atoms with Crippen LogP contribution in [-0.2, 0) is 11.4 Å². The van der Waals surface area contributed by atoms with E-state index in [2.05, 4.69) is 36.4 Å². The number of hydrogen-bond acceptors (Lipinski definition) is 3. The molecule has 0 aromatic heterocycles. The first-order valence-electron chi connectivity index (χ1n) is 10.8. The van der Waals surface area contributed by atoms with Crippen molar-refractivity contribution >= 4 is 22.4 Å². The lowest BCUT2D eigenvalue weighted by molar-refractivity contribution is -0.118. The van der Waals surface area contributed by atoms with Gasteiger partial charge in [0.1, 0.15) is 6.61 Å². The zero-order valence-electron chi connectivity index (χ0n) is 18.2. The summed E-state index contributed by atoms with van der Waals surface area (Å²) in [5.41, 5.74) is 4.30. The minimum atomic E-state index is -0.0446. The summed E-state index contributed by atoms with van der Waals surface area (Å²) in [6.07, 6.45) is 0.422. The second-order valence-corrected chi connectivity index (χ2v) is 8.11. The Labute approximate surface area is 188 Å². The molecular formula is C28H25NO3. The summed E-state index contributed by atoms with van der Waals surface area (Å²) in [6, 6.07) is 28.6. The Bertz CT molecular complexity index is 1280. The fraction of sp³-hybridized carbons (Fsp3) is 0.179. The second kappa shape index (κ2) is 8.39. The third kappa shape index (κ3) is 3.58. The average molecular weight is 424 g/mol. The van der Waals surface area contributed by atoms with E-state index in [-0.39, 0.29) is 11.8 Å². The van der Waals surface area contributed by atoms with Crippen molar-refractivity contribution in [1.82, 2.24) is 0 Å². The third-order valence-corrected chi connectivity index (χ3v) is 6.24. The summed E-state index contributed by atoms with van der Waals surface area (Å²) in [5.74, 6) is 1.43. The van der Waals surface area contributed by atoms with Crippen LogP contribution < -0.4 is 14.4 Å². The van der Waals surface area contributed by atoms with Gasteiger partial charge in [-0.05, 0) is 45.7 Å².